The number of benzene rings is 2. The van der Waals surface area contributed by atoms with Crippen LogP contribution in [0.4, 0.5) is 11.5 Å². The second-order valence-electron chi connectivity index (χ2n) is 6.18. The Morgan fingerprint density at radius 2 is 1.77 bits per heavy atom. The molecule has 9 heteroatoms. The van der Waals surface area contributed by atoms with Crippen LogP contribution in [0.15, 0.2) is 59.1 Å². The SMILES string of the molecule is COc1ccc(C(=O)Nc2ccccc2C(=O)OCC(=O)Nc2cc(C)on2)cc1. The maximum atomic E-state index is 12.5. The van der Waals surface area contributed by atoms with Crippen molar-refractivity contribution in [3.63, 3.8) is 0 Å². The van der Waals surface area contributed by atoms with Crippen LogP contribution >= 0.6 is 0 Å². The maximum absolute atomic E-state index is 12.5. The molecule has 0 saturated heterocycles. The summed E-state index contributed by atoms with van der Waals surface area (Å²) < 4.78 is 15.0. The highest BCUT2D eigenvalue weighted by atomic mass is 16.5. The highest BCUT2D eigenvalue weighted by Crippen LogP contribution is 2.19. The number of hydrogen-bond donors (Lipinski definition) is 2. The lowest BCUT2D eigenvalue weighted by molar-refractivity contribution is -0.119. The van der Waals surface area contributed by atoms with E-state index in [9.17, 15) is 14.4 Å². The topological polar surface area (TPSA) is 120 Å². The fraction of sp³-hybridized carbons (Fsp3) is 0.143. The van der Waals surface area contributed by atoms with Crippen LogP contribution < -0.4 is 15.4 Å². The Balaban J connectivity index is 1.62. The normalized spacial score (nSPS) is 10.2. The highest BCUT2D eigenvalue weighted by molar-refractivity contribution is 6.08. The van der Waals surface area contributed by atoms with Gasteiger partial charge in [0.25, 0.3) is 11.8 Å². The second kappa shape index (κ2) is 9.37. The third-order valence-corrected chi connectivity index (χ3v) is 3.98. The van der Waals surface area contributed by atoms with Crippen LogP contribution in [-0.4, -0.2) is 36.7 Å². The molecule has 0 fully saturated rings. The monoisotopic (exact) mass is 409 g/mol. The summed E-state index contributed by atoms with van der Waals surface area (Å²) >= 11 is 0. The minimum Gasteiger partial charge on any atom is -0.497 e. The van der Waals surface area contributed by atoms with E-state index in [4.69, 9.17) is 14.0 Å². The number of hydrogen-bond acceptors (Lipinski definition) is 7. The molecule has 0 spiro atoms. The molecular weight excluding hydrogens is 390 g/mol. The molecule has 30 heavy (non-hydrogen) atoms. The van der Waals surface area contributed by atoms with Gasteiger partial charge in [0.1, 0.15) is 11.5 Å². The predicted molar refractivity (Wildman–Crippen MR) is 108 cm³/mol. The van der Waals surface area contributed by atoms with Gasteiger partial charge in [-0.3, -0.25) is 9.59 Å². The summed E-state index contributed by atoms with van der Waals surface area (Å²) in [5.41, 5.74) is 0.765. The van der Waals surface area contributed by atoms with Gasteiger partial charge in [0.05, 0.1) is 18.4 Å². The molecule has 154 valence electrons. The van der Waals surface area contributed by atoms with Gasteiger partial charge in [-0.25, -0.2) is 4.79 Å². The van der Waals surface area contributed by atoms with Crippen molar-refractivity contribution in [2.24, 2.45) is 0 Å². The van der Waals surface area contributed by atoms with E-state index < -0.39 is 24.4 Å². The van der Waals surface area contributed by atoms with E-state index in [0.717, 1.165) is 0 Å². The van der Waals surface area contributed by atoms with Crippen molar-refractivity contribution in [1.82, 2.24) is 5.16 Å². The third-order valence-electron chi connectivity index (χ3n) is 3.98. The van der Waals surface area contributed by atoms with Crippen molar-refractivity contribution in [2.75, 3.05) is 24.4 Å². The number of methoxy groups -OCH3 is 1. The molecule has 3 aromatic rings. The Bertz CT molecular complexity index is 1060. The van der Waals surface area contributed by atoms with Crippen molar-refractivity contribution in [2.45, 2.75) is 6.92 Å². The first kappa shape index (κ1) is 20.6. The number of aryl methyl sites for hydroxylation is 1. The summed E-state index contributed by atoms with van der Waals surface area (Å²) in [5, 5.41) is 8.74. The number of carbonyl (C=O) groups excluding carboxylic acids is 3. The van der Waals surface area contributed by atoms with Crippen LogP contribution in [0.5, 0.6) is 5.75 Å². The Labute approximate surface area is 172 Å². The first-order chi connectivity index (χ1) is 14.5. The molecule has 1 heterocycles. The van der Waals surface area contributed by atoms with E-state index in [1.807, 2.05) is 0 Å². The van der Waals surface area contributed by atoms with Crippen molar-refractivity contribution >= 4 is 29.3 Å². The summed E-state index contributed by atoms with van der Waals surface area (Å²) in [6.45, 7) is 1.16. The molecule has 1 aromatic heterocycles. The Morgan fingerprint density at radius 1 is 1.03 bits per heavy atom. The lowest BCUT2D eigenvalue weighted by Gasteiger charge is -2.11. The maximum Gasteiger partial charge on any atom is 0.340 e. The zero-order valence-corrected chi connectivity index (χ0v) is 16.3. The molecule has 0 saturated carbocycles. The zero-order valence-electron chi connectivity index (χ0n) is 16.3. The molecule has 2 aromatic carbocycles. The van der Waals surface area contributed by atoms with Gasteiger partial charge in [-0.15, -0.1) is 0 Å². The molecule has 0 aliphatic rings. The fourth-order valence-corrected chi connectivity index (χ4v) is 2.52. The molecule has 0 unspecified atom stereocenters. The summed E-state index contributed by atoms with van der Waals surface area (Å²) in [5.74, 6) is -0.361. The number of nitrogens with one attached hydrogen (secondary N) is 2. The molecule has 9 nitrogen and oxygen atoms in total. The van der Waals surface area contributed by atoms with Crippen molar-refractivity contribution in [3.8, 4) is 5.75 Å². The number of ether oxygens (including phenoxy) is 2. The van der Waals surface area contributed by atoms with Crippen LogP contribution in [0.3, 0.4) is 0 Å². The van der Waals surface area contributed by atoms with Crippen LogP contribution in [0.1, 0.15) is 26.5 Å². The molecular formula is C21H19N3O6. The molecule has 2 amide bonds. The van der Waals surface area contributed by atoms with Gasteiger partial charge >= 0.3 is 5.97 Å². The van der Waals surface area contributed by atoms with Gasteiger partial charge in [-0.1, -0.05) is 17.3 Å². The van der Waals surface area contributed by atoms with Gasteiger partial charge in [-0.05, 0) is 43.3 Å². The molecule has 2 N–H and O–H groups in total. The third kappa shape index (κ3) is 5.22. The molecule has 3 rings (SSSR count). The van der Waals surface area contributed by atoms with Gasteiger partial charge in [0.15, 0.2) is 12.4 Å². The van der Waals surface area contributed by atoms with E-state index in [2.05, 4.69) is 15.8 Å². The lowest BCUT2D eigenvalue weighted by atomic mass is 10.1. The smallest absolute Gasteiger partial charge is 0.340 e. The van der Waals surface area contributed by atoms with Crippen LogP contribution in [-0.2, 0) is 9.53 Å². The molecule has 0 aliphatic heterocycles. The van der Waals surface area contributed by atoms with Gasteiger partial charge < -0.3 is 24.6 Å². The first-order valence-corrected chi connectivity index (χ1v) is 8.91. The molecule has 0 bridgehead atoms. The van der Waals surface area contributed by atoms with Gasteiger partial charge in [-0.2, -0.15) is 0 Å². The summed E-state index contributed by atoms with van der Waals surface area (Å²) in [6, 6.07) is 14.4. The van der Waals surface area contributed by atoms with Crippen molar-refractivity contribution in [1.29, 1.82) is 0 Å². The predicted octanol–water partition coefficient (Wildman–Crippen LogP) is 3.04. The molecule has 0 atom stereocenters. The van der Waals surface area contributed by atoms with E-state index in [0.29, 0.717) is 17.1 Å². The minimum atomic E-state index is -0.757. The van der Waals surface area contributed by atoms with E-state index in [-0.39, 0.29) is 17.1 Å². The van der Waals surface area contributed by atoms with E-state index >= 15 is 0 Å². The lowest BCUT2D eigenvalue weighted by Crippen LogP contribution is -2.22. The van der Waals surface area contributed by atoms with Gasteiger partial charge in [0.2, 0.25) is 0 Å². The first-order valence-electron chi connectivity index (χ1n) is 8.91. The number of amides is 2. The Morgan fingerprint density at radius 3 is 2.43 bits per heavy atom. The van der Waals surface area contributed by atoms with E-state index in [1.54, 1.807) is 49.4 Å². The van der Waals surface area contributed by atoms with Crippen LogP contribution in [0.2, 0.25) is 0 Å². The Kier molecular flexibility index (Phi) is 6.43. The summed E-state index contributed by atoms with van der Waals surface area (Å²) in [6.07, 6.45) is 0. The average molecular weight is 409 g/mol. The van der Waals surface area contributed by atoms with Crippen molar-refractivity contribution < 1.29 is 28.4 Å². The minimum absolute atomic E-state index is 0.115. The van der Waals surface area contributed by atoms with Crippen LogP contribution in [0.25, 0.3) is 0 Å². The standard InChI is InChI=1S/C21H19N3O6/c1-13-11-18(24-30-13)23-19(25)12-29-21(27)16-5-3-4-6-17(16)22-20(26)14-7-9-15(28-2)10-8-14/h3-11H,12H2,1-2H3,(H,22,26)(H,23,24,25). The molecule has 0 aliphatic carbocycles. The highest BCUT2D eigenvalue weighted by Gasteiger charge is 2.17. The average Bonchev–Trinajstić information content (AvgIpc) is 3.16. The number of carbonyl (C=O) groups is 3. The number of anilines is 2. The summed E-state index contributed by atoms with van der Waals surface area (Å²) in [7, 11) is 1.53. The largest absolute Gasteiger partial charge is 0.497 e. The number of rotatable bonds is 7. The van der Waals surface area contributed by atoms with Crippen LogP contribution in [0, 0.1) is 6.92 Å². The quantitative estimate of drug-likeness (QED) is 0.576. The molecule has 0 radical (unpaired) electrons. The number of nitrogens with zero attached hydrogens (tertiary/aromatic N) is 1. The van der Waals surface area contributed by atoms with E-state index in [1.165, 1.54) is 19.2 Å². The number of para-hydroxylation sites is 1. The number of esters is 1. The Hall–Kier alpha value is -4.14. The van der Waals surface area contributed by atoms with Gasteiger partial charge in [0, 0.05) is 11.6 Å². The fourth-order valence-electron chi connectivity index (χ4n) is 2.52. The van der Waals surface area contributed by atoms with Crippen molar-refractivity contribution in [3.05, 3.63) is 71.5 Å². The summed E-state index contributed by atoms with van der Waals surface area (Å²) in [4.78, 5) is 36.8. The zero-order chi connectivity index (χ0) is 21.5. The number of aromatic nitrogens is 1. The second-order valence-corrected chi connectivity index (χ2v) is 6.18.